The number of anilines is 1. The van der Waals surface area contributed by atoms with Crippen LogP contribution in [-0.2, 0) is 19.7 Å². The van der Waals surface area contributed by atoms with Gasteiger partial charge in [-0.1, -0.05) is 17.7 Å². The van der Waals surface area contributed by atoms with Crippen molar-refractivity contribution in [3.63, 3.8) is 0 Å². The highest BCUT2D eigenvalue weighted by molar-refractivity contribution is 7.85. The number of hydrogen-bond donors (Lipinski definition) is 1. The number of ketones is 1. The summed E-state index contributed by atoms with van der Waals surface area (Å²) in [5.41, 5.74) is 1.43. The van der Waals surface area contributed by atoms with Gasteiger partial charge in [-0.2, -0.15) is 10.2 Å². The maximum Gasteiger partial charge on any atom is 0.258 e. The van der Waals surface area contributed by atoms with Gasteiger partial charge in [0.2, 0.25) is 6.04 Å². The Bertz CT molecular complexity index is 1000. The van der Waals surface area contributed by atoms with Gasteiger partial charge in [0.1, 0.15) is 15.8 Å². The smallest absolute Gasteiger partial charge is 0.258 e. The van der Waals surface area contributed by atoms with E-state index in [0.29, 0.717) is 10.7 Å². The second-order valence-electron chi connectivity index (χ2n) is 5.65. The van der Waals surface area contributed by atoms with Crippen LogP contribution in [-0.4, -0.2) is 30.7 Å². The molecule has 0 aliphatic carbocycles. The van der Waals surface area contributed by atoms with Gasteiger partial charge in [0.05, 0.1) is 9.92 Å². The van der Waals surface area contributed by atoms with Crippen molar-refractivity contribution in [3.8, 4) is 0 Å². The molecule has 27 heavy (non-hydrogen) atoms. The van der Waals surface area contributed by atoms with Gasteiger partial charge in [0.25, 0.3) is 5.91 Å². The van der Waals surface area contributed by atoms with Crippen LogP contribution in [0.4, 0.5) is 11.4 Å². The van der Waals surface area contributed by atoms with E-state index in [9.17, 15) is 22.6 Å². The second kappa shape index (κ2) is 8.38. The van der Waals surface area contributed by atoms with Gasteiger partial charge in [-0.3, -0.25) is 9.59 Å². The molecule has 0 fully saturated rings. The van der Waals surface area contributed by atoms with Crippen LogP contribution in [0.2, 0.25) is 5.02 Å². The lowest BCUT2D eigenvalue weighted by molar-refractivity contribution is -0.126. The maximum absolute atomic E-state index is 12.3. The van der Waals surface area contributed by atoms with Gasteiger partial charge in [-0.15, -0.1) is 0 Å². The summed E-state index contributed by atoms with van der Waals surface area (Å²) in [5, 5.41) is 10.4. The number of nitrogens with one attached hydrogen (secondary N) is 1. The number of benzene rings is 2. The van der Waals surface area contributed by atoms with Gasteiger partial charge in [0.15, 0.2) is 5.78 Å². The molecule has 0 saturated heterocycles. The predicted octanol–water partition coefficient (Wildman–Crippen LogP) is 3.23. The van der Waals surface area contributed by atoms with Crippen molar-refractivity contribution in [2.45, 2.75) is 24.8 Å². The van der Waals surface area contributed by atoms with E-state index in [-0.39, 0.29) is 5.69 Å². The molecule has 2 rings (SSSR count). The van der Waals surface area contributed by atoms with Crippen LogP contribution < -0.4 is 5.32 Å². The molecule has 2 aromatic rings. The SMILES string of the molecule is CC(=O)C(N=Nc1ccc(C)cc1Cl)C(=O)Nc1ccc(S(=O)(=O)[O-])cc1. The minimum Gasteiger partial charge on any atom is -0.744 e. The summed E-state index contributed by atoms with van der Waals surface area (Å²) in [6.07, 6.45) is 0. The van der Waals surface area contributed by atoms with E-state index in [1.165, 1.54) is 19.1 Å². The first-order chi connectivity index (χ1) is 12.6. The van der Waals surface area contributed by atoms with Crippen molar-refractivity contribution in [3.05, 3.63) is 53.1 Å². The van der Waals surface area contributed by atoms with Crippen molar-refractivity contribution in [2.24, 2.45) is 10.2 Å². The Kier molecular flexibility index (Phi) is 6.42. The first-order valence-electron chi connectivity index (χ1n) is 7.62. The van der Waals surface area contributed by atoms with Crippen molar-refractivity contribution in [2.75, 3.05) is 5.32 Å². The van der Waals surface area contributed by atoms with E-state index in [4.69, 9.17) is 11.6 Å². The molecule has 0 spiro atoms. The van der Waals surface area contributed by atoms with E-state index in [1.807, 2.05) is 6.92 Å². The molecule has 1 N–H and O–H groups in total. The number of carbonyl (C=O) groups excluding carboxylic acids is 2. The lowest BCUT2D eigenvalue weighted by Crippen LogP contribution is -2.31. The highest BCUT2D eigenvalue weighted by atomic mass is 35.5. The highest BCUT2D eigenvalue weighted by Crippen LogP contribution is 2.26. The first kappa shape index (κ1) is 20.7. The maximum atomic E-state index is 12.3. The topological polar surface area (TPSA) is 128 Å². The monoisotopic (exact) mass is 408 g/mol. The number of hydrogen-bond acceptors (Lipinski definition) is 7. The predicted molar refractivity (Wildman–Crippen MR) is 98.2 cm³/mol. The van der Waals surface area contributed by atoms with Crippen LogP contribution in [0.25, 0.3) is 0 Å². The molecule has 2 aromatic carbocycles. The number of nitrogens with zero attached hydrogens (tertiary/aromatic N) is 2. The van der Waals surface area contributed by atoms with E-state index < -0.39 is 32.7 Å². The van der Waals surface area contributed by atoms with Crippen LogP contribution in [0.1, 0.15) is 12.5 Å². The number of rotatable bonds is 6. The fourth-order valence-corrected chi connectivity index (χ4v) is 2.79. The molecule has 1 atom stereocenters. The van der Waals surface area contributed by atoms with Crippen LogP contribution >= 0.6 is 11.6 Å². The number of azo groups is 1. The standard InChI is InChI=1S/C17H16ClN3O5S/c1-10-3-8-15(14(18)9-10)20-21-16(11(2)22)17(23)19-12-4-6-13(7-5-12)27(24,25)26/h3-9,16H,1-2H3,(H,19,23)(H,24,25,26)/p-1. The van der Waals surface area contributed by atoms with Crippen molar-refractivity contribution in [1.82, 2.24) is 0 Å². The Morgan fingerprint density at radius 1 is 1.15 bits per heavy atom. The Balaban J connectivity index is 2.17. The number of halogens is 1. The second-order valence-corrected chi connectivity index (χ2v) is 7.44. The molecule has 8 nitrogen and oxygen atoms in total. The van der Waals surface area contributed by atoms with Gasteiger partial charge in [-0.05, 0) is 55.8 Å². The Morgan fingerprint density at radius 3 is 2.30 bits per heavy atom. The van der Waals surface area contributed by atoms with Gasteiger partial charge < -0.3 is 9.87 Å². The van der Waals surface area contributed by atoms with E-state index in [1.54, 1.807) is 18.2 Å². The summed E-state index contributed by atoms with van der Waals surface area (Å²) >= 11 is 6.04. The summed E-state index contributed by atoms with van der Waals surface area (Å²) in [6, 6.07) is 8.19. The van der Waals surface area contributed by atoms with Crippen LogP contribution in [0.15, 0.2) is 57.6 Å². The molecule has 0 radical (unpaired) electrons. The summed E-state index contributed by atoms with van der Waals surface area (Å²) in [4.78, 5) is 23.6. The Labute approximate surface area is 161 Å². The molecule has 1 amide bonds. The van der Waals surface area contributed by atoms with Crippen LogP contribution in [0.3, 0.4) is 0 Å². The summed E-state index contributed by atoms with van der Waals surface area (Å²) in [5.74, 6) is -1.30. The molecule has 0 heterocycles. The molecule has 0 aromatic heterocycles. The quantitative estimate of drug-likeness (QED) is 0.445. The largest absolute Gasteiger partial charge is 0.744 e. The molecule has 0 bridgehead atoms. The molecular weight excluding hydrogens is 394 g/mol. The number of Topliss-reactive ketones (excluding diaryl/α,β-unsaturated/α-hetero) is 1. The highest BCUT2D eigenvalue weighted by Gasteiger charge is 2.23. The van der Waals surface area contributed by atoms with Crippen molar-refractivity contribution in [1.29, 1.82) is 0 Å². The Morgan fingerprint density at radius 2 is 1.78 bits per heavy atom. The zero-order valence-corrected chi connectivity index (χ0v) is 15.9. The third-order valence-corrected chi connectivity index (χ3v) is 4.58. The molecule has 10 heteroatoms. The van der Waals surface area contributed by atoms with Crippen LogP contribution in [0.5, 0.6) is 0 Å². The third kappa shape index (κ3) is 5.68. The normalized spacial score (nSPS) is 12.7. The average Bonchev–Trinajstić information content (AvgIpc) is 2.56. The van der Waals surface area contributed by atoms with Gasteiger partial charge in [-0.25, -0.2) is 8.42 Å². The lowest BCUT2D eigenvalue weighted by atomic mass is 10.2. The van der Waals surface area contributed by atoms with E-state index >= 15 is 0 Å². The molecule has 0 aliphatic rings. The molecule has 0 aliphatic heterocycles. The first-order valence-corrected chi connectivity index (χ1v) is 9.41. The molecule has 142 valence electrons. The van der Waals surface area contributed by atoms with Gasteiger partial charge in [0, 0.05) is 5.69 Å². The van der Waals surface area contributed by atoms with Crippen LogP contribution in [0, 0.1) is 6.92 Å². The average molecular weight is 409 g/mol. The third-order valence-electron chi connectivity index (χ3n) is 3.43. The molecule has 0 saturated carbocycles. The summed E-state index contributed by atoms with van der Waals surface area (Å²) in [6.45, 7) is 3.04. The summed E-state index contributed by atoms with van der Waals surface area (Å²) < 4.78 is 32.7. The Hall–Kier alpha value is -2.62. The number of aryl methyl sites for hydroxylation is 1. The minimum atomic E-state index is -4.59. The number of carbonyl (C=O) groups is 2. The van der Waals surface area contributed by atoms with E-state index in [2.05, 4.69) is 15.5 Å². The number of amides is 1. The summed E-state index contributed by atoms with van der Waals surface area (Å²) in [7, 11) is -4.59. The van der Waals surface area contributed by atoms with Crippen molar-refractivity contribution >= 4 is 44.8 Å². The zero-order valence-electron chi connectivity index (χ0n) is 14.3. The minimum absolute atomic E-state index is 0.196. The lowest BCUT2D eigenvalue weighted by Gasteiger charge is -2.11. The van der Waals surface area contributed by atoms with Crippen molar-refractivity contribution < 1.29 is 22.6 Å². The van der Waals surface area contributed by atoms with E-state index in [0.717, 1.165) is 17.7 Å². The fraction of sp³-hybridized carbons (Fsp3) is 0.176. The zero-order chi connectivity index (χ0) is 20.2. The molecular formula is C17H15ClN3O5S-. The van der Waals surface area contributed by atoms with Gasteiger partial charge >= 0.3 is 0 Å². The fourth-order valence-electron chi connectivity index (χ4n) is 2.05. The molecule has 1 unspecified atom stereocenters.